The maximum atomic E-state index is 12.0. The van der Waals surface area contributed by atoms with Crippen LogP contribution in [0.2, 0.25) is 0 Å². The maximum absolute atomic E-state index is 12.0. The second-order valence-electron chi connectivity index (χ2n) is 4.57. The highest BCUT2D eigenvalue weighted by molar-refractivity contribution is 5.77. The highest BCUT2D eigenvalue weighted by Crippen LogP contribution is 2.06. The molecule has 0 aliphatic carbocycles. The van der Waals surface area contributed by atoms with Gasteiger partial charge < -0.3 is 20.1 Å². The maximum Gasteiger partial charge on any atom is 0.334 e. The van der Waals surface area contributed by atoms with E-state index < -0.39 is 12.1 Å². The Labute approximate surface area is 116 Å². The van der Waals surface area contributed by atoms with Gasteiger partial charge in [0.05, 0.1) is 25.4 Å². The van der Waals surface area contributed by atoms with Gasteiger partial charge >= 0.3 is 12.0 Å². The number of rotatable bonds is 3. The number of carbonyl (C=O) groups excluding carboxylic acids is 1. The third kappa shape index (κ3) is 3.67. The quantitative estimate of drug-likeness (QED) is 0.835. The van der Waals surface area contributed by atoms with E-state index in [0.717, 1.165) is 11.4 Å². The van der Waals surface area contributed by atoms with Gasteiger partial charge in [0.25, 0.3) is 0 Å². The minimum atomic E-state index is -1.05. The zero-order valence-corrected chi connectivity index (χ0v) is 11.2. The van der Waals surface area contributed by atoms with Crippen LogP contribution >= 0.6 is 0 Å². The molecule has 0 saturated carbocycles. The molecule has 2 heterocycles. The Morgan fingerprint density at radius 3 is 3.05 bits per heavy atom. The lowest BCUT2D eigenvalue weighted by molar-refractivity contribution is -0.154. The number of amides is 2. The van der Waals surface area contributed by atoms with Crippen molar-refractivity contribution in [3.05, 3.63) is 29.6 Å². The molecule has 0 radical (unpaired) electrons. The predicted octanol–water partition coefficient (Wildman–Crippen LogP) is 0.385. The van der Waals surface area contributed by atoms with E-state index in [2.05, 4.69) is 10.3 Å². The summed E-state index contributed by atoms with van der Waals surface area (Å²) in [4.78, 5) is 28.5. The molecule has 7 nitrogen and oxygen atoms in total. The van der Waals surface area contributed by atoms with Crippen LogP contribution < -0.4 is 5.32 Å². The number of nitrogens with one attached hydrogen (secondary N) is 1. The number of morpholine rings is 1. The smallest absolute Gasteiger partial charge is 0.334 e. The first kappa shape index (κ1) is 14.3. The summed E-state index contributed by atoms with van der Waals surface area (Å²) in [7, 11) is 0. The minimum Gasteiger partial charge on any atom is -0.479 e. The summed E-state index contributed by atoms with van der Waals surface area (Å²) in [6.45, 7) is 2.87. The van der Waals surface area contributed by atoms with E-state index in [-0.39, 0.29) is 19.2 Å². The number of hydrogen-bond donors (Lipinski definition) is 2. The predicted molar refractivity (Wildman–Crippen MR) is 70.2 cm³/mol. The first-order valence-corrected chi connectivity index (χ1v) is 6.36. The number of ether oxygens (including phenoxy) is 1. The number of carbonyl (C=O) groups is 2. The molecule has 1 saturated heterocycles. The van der Waals surface area contributed by atoms with Crippen molar-refractivity contribution in [3.63, 3.8) is 0 Å². The zero-order chi connectivity index (χ0) is 14.5. The van der Waals surface area contributed by atoms with Crippen molar-refractivity contribution in [2.45, 2.75) is 19.6 Å². The fraction of sp³-hybridized carbons (Fsp3) is 0.462. The van der Waals surface area contributed by atoms with Crippen molar-refractivity contribution < 1.29 is 19.4 Å². The van der Waals surface area contributed by atoms with Gasteiger partial charge in [0, 0.05) is 12.2 Å². The normalized spacial score (nSPS) is 18.6. The molecule has 1 unspecified atom stereocenters. The van der Waals surface area contributed by atoms with Crippen molar-refractivity contribution in [2.75, 3.05) is 19.7 Å². The summed E-state index contributed by atoms with van der Waals surface area (Å²) in [5.41, 5.74) is 1.65. The Morgan fingerprint density at radius 2 is 2.35 bits per heavy atom. The molecule has 1 fully saturated rings. The summed E-state index contributed by atoms with van der Waals surface area (Å²) in [6, 6.07) is 5.28. The molecule has 1 aliphatic rings. The van der Waals surface area contributed by atoms with Gasteiger partial charge in [-0.3, -0.25) is 4.98 Å². The fourth-order valence-corrected chi connectivity index (χ4v) is 1.96. The summed E-state index contributed by atoms with van der Waals surface area (Å²) < 4.78 is 5.06. The van der Waals surface area contributed by atoms with Gasteiger partial charge in [-0.05, 0) is 19.1 Å². The average molecular weight is 279 g/mol. The SMILES string of the molecule is Cc1cccc(CNC(=O)N2CCOC(C(=O)O)C2)n1. The van der Waals surface area contributed by atoms with Gasteiger partial charge in [0.2, 0.25) is 0 Å². The first-order valence-electron chi connectivity index (χ1n) is 6.36. The minimum absolute atomic E-state index is 0.0579. The van der Waals surface area contributed by atoms with Crippen LogP contribution in [0.1, 0.15) is 11.4 Å². The van der Waals surface area contributed by atoms with Crippen LogP contribution in [0.15, 0.2) is 18.2 Å². The molecule has 2 rings (SSSR count). The second-order valence-corrected chi connectivity index (χ2v) is 4.57. The van der Waals surface area contributed by atoms with E-state index in [9.17, 15) is 9.59 Å². The number of hydrogen-bond acceptors (Lipinski definition) is 4. The number of carboxylic acids is 1. The lowest BCUT2D eigenvalue weighted by Gasteiger charge is -2.30. The molecule has 0 bridgehead atoms. The molecule has 108 valence electrons. The number of aryl methyl sites for hydroxylation is 1. The van der Waals surface area contributed by atoms with Crippen LogP contribution in [0.25, 0.3) is 0 Å². The summed E-state index contributed by atoms with van der Waals surface area (Å²) in [6.07, 6.45) is -0.952. The molecule has 0 spiro atoms. The van der Waals surface area contributed by atoms with Gasteiger partial charge in [0.15, 0.2) is 6.10 Å². The zero-order valence-electron chi connectivity index (χ0n) is 11.2. The van der Waals surface area contributed by atoms with Gasteiger partial charge in [-0.25, -0.2) is 9.59 Å². The van der Waals surface area contributed by atoms with E-state index in [1.54, 1.807) is 0 Å². The highest BCUT2D eigenvalue weighted by atomic mass is 16.5. The lowest BCUT2D eigenvalue weighted by Crippen LogP contribution is -2.51. The Balaban J connectivity index is 1.87. The molecule has 1 aromatic rings. The number of aliphatic carboxylic acids is 1. The third-order valence-electron chi connectivity index (χ3n) is 3.00. The van der Waals surface area contributed by atoms with Crippen LogP contribution in [-0.4, -0.2) is 52.8 Å². The number of carboxylic acid groups (broad SMARTS) is 1. The van der Waals surface area contributed by atoms with E-state index in [1.807, 2.05) is 25.1 Å². The average Bonchev–Trinajstić information content (AvgIpc) is 2.45. The van der Waals surface area contributed by atoms with Crippen molar-refractivity contribution in [1.82, 2.24) is 15.2 Å². The van der Waals surface area contributed by atoms with Crippen molar-refractivity contribution >= 4 is 12.0 Å². The molecule has 1 aliphatic heterocycles. The summed E-state index contributed by atoms with van der Waals surface area (Å²) >= 11 is 0. The van der Waals surface area contributed by atoms with Gasteiger partial charge in [-0.1, -0.05) is 6.07 Å². The van der Waals surface area contributed by atoms with Crippen LogP contribution in [0, 0.1) is 6.92 Å². The third-order valence-corrected chi connectivity index (χ3v) is 3.00. The molecule has 2 N–H and O–H groups in total. The van der Waals surface area contributed by atoms with Gasteiger partial charge in [-0.15, -0.1) is 0 Å². The Bertz CT molecular complexity index is 506. The Hall–Kier alpha value is -2.15. The molecule has 1 atom stereocenters. The molecule has 0 aromatic carbocycles. The number of nitrogens with zero attached hydrogens (tertiary/aromatic N) is 2. The van der Waals surface area contributed by atoms with Crippen molar-refractivity contribution in [2.24, 2.45) is 0 Å². The fourth-order valence-electron chi connectivity index (χ4n) is 1.96. The van der Waals surface area contributed by atoms with Gasteiger partial charge in [-0.2, -0.15) is 0 Å². The molecule has 2 amide bonds. The van der Waals surface area contributed by atoms with E-state index >= 15 is 0 Å². The number of aromatic nitrogens is 1. The van der Waals surface area contributed by atoms with E-state index in [4.69, 9.17) is 9.84 Å². The summed E-state index contributed by atoms with van der Waals surface area (Å²) in [5, 5.41) is 11.6. The molecule has 7 heteroatoms. The topological polar surface area (TPSA) is 91.8 Å². The van der Waals surface area contributed by atoms with E-state index in [0.29, 0.717) is 13.1 Å². The largest absolute Gasteiger partial charge is 0.479 e. The van der Waals surface area contributed by atoms with Crippen LogP contribution in [0.4, 0.5) is 4.79 Å². The molecular formula is C13H17N3O4. The second kappa shape index (κ2) is 6.33. The number of urea groups is 1. The monoisotopic (exact) mass is 279 g/mol. The molecular weight excluding hydrogens is 262 g/mol. The van der Waals surface area contributed by atoms with Crippen LogP contribution in [0.3, 0.4) is 0 Å². The Kier molecular flexibility index (Phi) is 4.52. The van der Waals surface area contributed by atoms with Crippen LogP contribution in [-0.2, 0) is 16.1 Å². The number of pyridine rings is 1. The van der Waals surface area contributed by atoms with E-state index in [1.165, 1.54) is 4.90 Å². The highest BCUT2D eigenvalue weighted by Gasteiger charge is 2.28. The molecule has 1 aromatic heterocycles. The molecule has 20 heavy (non-hydrogen) atoms. The van der Waals surface area contributed by atoms with Crippen molar-refractivity contribution in [1.29, 1.82) is 0 Å². The lowest BCUT2D eigenvalue weighted by atomic mass is 10.3. The van der Waals surface area contributed by atoms with Crippen molar-refractivity contribution in [3.8, 4) is 0 Å². The standard InChI is InChI=1S/C13H17N3O4/c1-9-3-2-4-10(15-9)7-14-13(19)16-5-6-20-11(8-16)12(17)18/h2-4,11H,5-8H2,1H3,(H,14,19)(H,17,18). The summed E-state index contributed by atoms with van der Waals surface area (Å²) in [5.74, 6) is -1.05. The first-order chi connectivity index (χ1) is 9.56. The van der Waals surface area contributed by atoms with Gasteiger partial charge in [0.1, 0.15) is 0 Å². The Morgan fingerprint density at radius 1 is 1.55 bits per heavy atom. The van der Waals surface area contributed by atoms with Crippen LogP contribution in [0.5, 0.6) is 0 Å².